The van der Waals surface area contributed by atoms with Crippen molar-refractivity contribution in [3.63, 3.8) is 0 Å². The van der Waals surface area contributed by atoms with Crippen LogP contribution in [0.4, 0.5) is 10.2 Å². The second-order valence-electron chi connectivity index (χ2n) is 13.6. The molecule has 2 fully saturated rings. The maximum Gasteiger partial charge on any atom is 0.282 e. The van der Waals surface area contributed by atoms with Gasteiger partial charge in [0.15, 0.2) is 5.82 Å². The number of carbonyl (C=O) groups excluding carboxylic acids is 1. The summed E-state index contributed by atoms with van der Waals surface area (Å²) in [6.45, 7) is 17.2. The predicted molar refractivity (Wildman–Crippen MR) is 177 cm³/mol. The summed E-state index contributed by atoms with van der Waals surface area (Å²) in [6.07, 6.45) is 4.85. The highest BCUT2D eigenvalue weighted by Crippen LogP contribution is 2.44. The molecular formula is C34H54FN7O4. The maximum atomic E-state index is 14.3. The summed E-state index contributed by atoms with van der Waals surface area (Å²) in [6, 6.07) is 4.48. The number of amides is 1. The molecule has 2 aliphatic heterocycles. The number of likely N-dealkylation sites (tertiary alicyclic amines) is 1. The Morgan fingerprint density at radius 2 is 1.91 bits per heavy atom. The van der Waals surface area contributed by atoms with E-state index in [1.807, 2.05) is 20.8 Å². The van der Waals surface area contributed by atoms with E-state index in [-0.39, 0.29) is 40.7 Å². The summed E-state index contributed by atoms with van der Waals surface area (Å²) in [5.41, 5.74) is 0.340. The zero-order chi connectivity index (χ0) is 33.4. The summed E-state index contributed by atoms with van der Waals surface area (Å²) < 4.78 is 31.3. The van der Waals surface area contributed by atoms with Crippen molar-refractivity contribution in [1.29, 1.82) is 0 Å². The molecule has 256 valence electrons. The molecule has 2 saturated heterocycles. The van der Waals surface area contributed by atoms with E-state index in [9.17, 15) is 9.18 Å². The molecule has 2 atom stereocenters. The Bertz CT molecular complexity index is 1280. The topological polar surface area (TPSA) is 96.4 Å². The average molecular weight is 644 g/mol. The van der Waals surface area contributed by atoms with E-state index in [1.54, 1.807) is 19.1 Å². The van der Waals surface area contributed by atoms with E-state index < -0.39 is 5.82 Å². The van der Waals surface area contributed by atoms with Crippen molar-refractivity contribution in [2.45, 2.75) is 72.1 Å². The Morgan fingerprint density at radius 3 is 2.57 bits per heavy atom. The van der Waals surface area contributed by atoms with Gasteiger partial charge >= 0.3 is 0 Å². The zero-order valence-corrected chi connectivity index (χ0v) is 29.0. The lowest BCUT2D eigenvalue weighted by Gasteiger charge is -2.53. The normalized spacial score (nSPS) is 17.6. The summed E-state index contributed by atoms with van der Waals surface area (Å²) in [4.78, 5) is 26.8. The van der Waals surface area contributed by atoms with Gasteiger partial charge in [-0.05, 0) is 77.7 Å². The first-order valence-electron chi connectivity index (χ1n) is 16.7. The number of methoxy groups -OCH3 is 2. The number of likely N-dealkylation sites (N-methyl/N-ethyl adjacent to an activating group) is 1. The van der Waals surface area contributed by atoms with E-state index in [2.05, 4.69) is 50.8 Å². The largest absolute Gasteiger partial charge is 0.434 e. The third kappa shape index (κ3) is 8.70. The molecule has 1 amide bonds. The molecule has 11 nitrogen and oxygen atoms in total. The van der Waals surface area contributed by atoms with Crippen molar-refractivity contribution in [3.05, 3.63) is 35.9 Å². The minimum absolute atomic E-state index is 0.0448. The molecule has 1 spiro atoms. The van der Waals surface area contributed by atoms with Gasteiger partial charge in [-0.25, -0.2) is 9.37 Å². The molecule has 0 unspecified atom stereocenters. The summed E-state index contributed by atoms with van der Waals surface area (Å²) in [5, 5.41) is 8.23. The highest BCUT2D eigenvalue weighted by atomic mass is 19.1. The lowest BCUT2D eigenvalue weighted by molar-refractivity contribution is -0.0350. The number of rotatable bonds is 17. The number of ether oxygens (including phenoxy) is 3. The molecule has 0 radical (unpaired) electrons. The van der Waals surface area contributed by atoms with Crippen LogP contribution in [-0.2, 0) is 9.47 Å². The zero-order valence-electron chi connectivity index (χ0n) is 29.0. The fourth-order valence-corrected chi connectivity index (χ4v) is 7.05. The molecule has 4 rings (SSSR count). The lowest BCUT2D eigenvalue weighted by atomic mass is 9.76. The van der Waals surface area contributed by atoms with Crippen LogP contribution in [0.5, 0.6) is 11.6 Å². The van der Waals surface area contributed by atoms with Crippen LogP contribution in [0.2, 0.25) is 0 Å². The van der Waals surface area contributed by atoms with Crippen LogP contribution >= 0.6 is 0 Å². The third-order valence-electron chi connectivity index (χ3n) is 9.47. The number of carbonyl (C=O) groups is 1. The minimum Gasteiger partial charge on any atom is -0.434 e. The van der Waals surface area contributed by atoms with Crippen LogP contribution in [0.3, 0.4) is 0 Å². The number of halogens is 1. The van der Waals surface area contributed by atoms with Gasteiger partial charge in [-0.15, -0.1) is 10.2 Å². The Hall–Kier alpha value is -2.93. The van der Waals surface area contributed by atoms with Crippen LogP contribution < -0.4 is 9.64 Å². The van der Waals surface area contributed by atoms with Crippen molar-refractivity contribution >= 4 is 11.7 Å². The molecule has 0 saturated carbocycles. The van der Waals surface area contributed by atoms with Crippen LogP contribution in [0.25, 0.3) is 0 Å². The maximum absolute atomic E-state index is 14.3. The summed E-state index contributed by atoms with van der Waals surface area (Å²) >= 11 is 0. The SMILES string of the molecule is CCN(C(=O)c1cc(F)ccc1Oc1nncnc1N1CCC2(C1)CN([C@H](CCCN(C)C[C@@H](COC)OC)C(C)C)C2)C(C)C. The Balaban J connectivity index is 1.38. The molecule has 2 aliphatic rings. The number of anilines is 1. The molecule has 1 aromatic heterocycles. The monoisotopic (exact) mass is 643 g/mol. The first kappa shape index (κ1) is 35.9. The number of hydrogen-bond donors (Lipinski definition) is 0. The molecular weight excluding hydrogens is 589 g/mol. The fraction of sp³-hybridized carbons (Fsp3) is 0.706. The molecule has 0 bridgehead atoms. The molecule has 3 heterocycles. The lowest BCUT2D eigenvalue weighted by Crippen LogP contribution is -2.62. The summed E-state index contributed by atoms with van der Waals surface area (Å²) in [7, 11) is 5.60. The van der Waals surface area contributed by atoms with E-state index in [0.717, 1.165) is 58.5 Å². The van der Waals surface area contributed by atoms with Gasteiger partial charge in [0.1, 0.15) is 17.9 Å². The first-order valence-corrected chi connectivity index (χ1v) is 16.7. The number of hydrogen-bond acceptors (Lipinski definition) is 10. The fourth-order valence-electron chi connectivity index (χ4n) is 7.05. The second-order valence-corrected chi connectivity index (χ2v) is 13.6. The van der Waals surface area contributed by atoms with Crippen molar-refractivity contribution in [2.24, 2.45) is 11.3 Å². The second kappa shape index (κ2) is 16.3. The van der Waals surface area contributed by atoms with Crippen LogP contribution in [-0.4, -0.2) is 128 Å². The van der Waals surface area contributed by atoms with Crippen LogP contribution in [0.1, 0.15) is 64.2 Å². The Labute approximate surface area is 274 Å². The average Bonchev–Trinajstić information content (AvgIpc) is 3.45. The van der Waals surface area contributed by atoms with E-state index in [4.69, 9.17) is 14.2 Å². The van der Waals surface area contributed by atoms with Crippen LogP contribution in [0.15, 0.2) is 24.5 Å². The van der Waals surface area contributed by atoms with E-state index in [1.165, 1.54) is 24.5 Å². The van der Waals surface area contributed by atoms with Gasteiger partial charge in [0, 0.05) is 71.0 Å². The van der Waals surface area contributed by atoms with Gasteiger partial charge in [-0.3, -0.25) is 9.69 Å². The highest BCUT2D eigenvalue weighted by molar-refractivity contribution is 5.97. The van der Waals surface area contributed by atoms with Crippen molar-refractivity contribution in [2.75, 3.05) is 78.6 Å². The highest BCUT2D eigenvalue weighted by Gasteiger charge is 2.50. The quantitative estimate of drug-likeness (QED) is 0.244. The summed E-state index contributed by atoms with van der Waals surface area (Å²) in [5.74, 6) is 0.817. The van der Waals surface area contributed by atoms with Gasteiger partial charge in [-0.1, -0.05) is 13.8 Å². The standard InChI is InChI=1S/C34H54FN7O4/c1-9-42(25(4)5)33(43)28-17-26(35)12-13-30(28)46-32-31(36-23-37-38-32)40-16-14-34(20-40)21-41(22-34)29(24(2)3)11-10-15-39(6)18-27(45-8)19-44-7/h12-13,17,23-25,27,29H,9-11,14-16,18-22H2,1-8H3/t27-,29+/m0/s1. The van der Waals surface area contributed by atoms with Crippen molar-refractivity contribution in [3.8, 4) is 11.6 Å². The van der Waals surface area contributed by atoms with Gasteiger partial charge in [-0.2, -0.15) is 0 Å². The van der Waals surface area contributed by atoms with E-state index >= 15 is 0 Å². The van der Waals surface area contributed by atoms with Gasteiger partial charge in [0.05, 0.1) is 18.3 Å². The van der Waals surface area contributed by atoms with E-state index in [0.29, 0.717) is 30.9 Å². The molecule has 0 aliphatic carbocycles. The van der Waals surface area contributed by atoms with Crippen molar-refractivity contribution < 1.29 is 23.4 Å². The Morgan fingerprint density at radius 1 is 1.15 bits per heavy atom. The number of benzene rings is 1. The predicted octanol–water partition coefficient (Wildman–Crippen LogP) is 4.58. The van der Waals surface area contributed by atoms with Gasteiger partial charge < -0.3 is 28.9 Å². The van der Waals surface area contributed by atoms with Gasteiger partial charge in [0.25, 0.3) is 11.8 Å². The Kier molecular flexibility index (Phi) is 12.7. The minimum atomic E-state index is -0.502. The molecule has 12 heteroatoms. The number of nitrogens with zero attached hydrogens (tertiary/aromatic N) is 7. The molecule has 2 aromatic rings. The molecule has 1 aromatic carbocycles. The van der Waals surface area contributed by atoms with Crippen LogP contribution in [0, 0.1) is 17.2 Å². The first-order chi connectivity index (χ1) is 22.0. The number of aromatic nitrogens is 3. The smallest absolute Gasteiger partial charge is 0.282 e. The molecule has 0 N–H and O–H groups in total. The van der Waals surface area contributed by atoms with Crippen molar-refractivity contribution in [1.82, 2.24) is 29.9 Å². The van der Waals surface area contributed by atoms with Gasteiger partial charge in [0.2, 0.25) is 0 Å². The molecule has 46 heavy (non-hydrogen) atoms. The third-order valence-corrected chi connectivity index (χ3v) is 9.47.